The molecule has 0 spiro atoms. The first-order valence-corrected chi connectivity index (χ1v) is 8.07. The number of aromatic nitrogens is 2. The molecule has 24 heavy (non-hydrogen) atoms. The normalized spacial score (nSPS) is 11.3. The average molecular weight is 343 g/mol. The maximum Gasteiger partial charge on any atom is 0.232 e. The van der Waals surface area contributed by atoms with E-state index in [0.717, 1.165) is 27.9 Å². The lowest BCUT2D eigenvalue weighted by atomic mass is 10.2. The quantitative estimate of drug-likeness (QED) is 0.402. The smallest absolute Gasteiger partial charge is 0.232 e. The van der Waals surface area contributed by atoms with Crippen LogP contribution >= 0.6 is 11.3 Å². The Bertz CT molecular complexity index is 912. The minimum Gasteiger partial charge on any atom is -0.377 e. The third kappa shape index (κ3) is 2.88. The molecule has 0 radical (unpaired) electrons. The number of hydrogen-bond donors (Lipinski definition) is 0. The summed E-state index contributed by atoms with van der Waals surface area (Å²) in [5, 5.41) is 4.72. The number of aldehydes is 1. The lowest BCUT2D eigenvalue weighted by Crippen LogP contribution is -2.13. The summed E-state index contributed by atoms with van der Waals surface area (Å²) >= 11 is 1.33. The van der Waals surface area contributed by atoms with Gasteiger partial charge in [-0.05, 0) is 13.0 Å². The summed E-state index contributed by atoms with van der Waals surface area (Å²) in [7, 11) is 5.71. The van der Waals surface area contributed by atoms with Crippen molar-refractivity contribution in [3.8, 4) is 0 Å². The highest BCUT2D eigenvalue weighted by atomic mass is 32.1. The van der Waals surface area contributed by atoms with Crippen LogP contribution in [-0.2, 0) is 0 Å². The minimum absolute atomic E-state index is 0.546. The van der Waals surface area contributed by atoms with Gasteiger partial charge >= 0.3 is 0 Å². The van der Waals surface area contributed by atoms with Crippen LogP contribution in [0, 0.1) is 6.92 Å². The Morgan fingerprint density at radius 2 is 2.12 bits per heavy atom. The van der Waals surface area contributed by atoms with Gasteiger partial charge in [0.15, 0.2) is 6.29 Å². The monoisotopic (exact) mass is 343 g/mol. The second-order valence-electron chi connectivity index (χ2n) is 5.50. The van der Waals surface area contributed by atoms with Crippen molar-refractivity contribution in [1.82, 2.24) is 10.1 Å². The van der Waals surface area contributed by atoms with Crippen molar-refractivity contribution in [2.24, 2.45) is 4.99 Å². The summed E-state index contributed by atoms with van der Waals surface area (Å²) in [5.41, 5.74) is 2.37. The van der Waals surface area contributed by atoms with E-state index >= 15 is 0 Å². The van der Waals surface area contributed by atoms with Crippen LogP contribution in [0.4, 0.5) is 17.3 Å². The first-order valence-electron chi connectivity index (χ1n) is 7.25. The first kappa shape index (κ1) is 16.1. The van der Waals surface area contributed by atoms with Crippen LogP contribution in [0.25, 0.3) is 10.2 Å². The van der Waals surface area contributed by atoms with Crippen molar-refractivity contribution in [1.29, 1.82) is 0 Å². The zero-order chi connectivity index (χ0) is 17.3. The topological polar surface area (TPSA) is 74.8 Å². The third-order valence-electron chi connectivity index (χ3n) is 3.48. The van der Waals surface area contributed by atoms with Crippen molar-refractivity contribution < 1.29 is 9.32 Å². The van der Waals surface area contributed by atoms with Gasteiger partial charge in [0.1, 0.15) is 4.83 Å². The van der Waals surface area contributed by atoms with E-state index in [0.29, 0.717) is 16.4 Å². The first-order chi connectivity index (χ1) is 11.5. The van der Waals surface area contributed by atoms with Crippen LogP contribution in [-0.4, -0.2) is 43.9 Å². The molecule has 7 nitrogen and oxygen atoms in total. The summed E-state index contributed by atoms with van der Waals surface area (Å²) < 4.78 is 5.20. The zero-order valence-corrected chi connectivity index (χ0v) is 14.7. The van der Waals surface area contributed by atoms with Crippen LogP contribution in [0.3, 0.4) is 0 Å². The second kappa shape index (κ2) is 6.40. The van der Waals surface area contributed by atoms with Gasteiger partial charge in [-0.1, -0.05) is 5.16 Å². The Morgan fingerprint density at radius 3 is 2.75 bits per heavy atom. The van der Waals surface area contributed by atoms with Gasteiger partial charge in [-0.3, -0.25) is 4.79 Å². The molecule has 3 aromatic heterocycles. The fourth-order valence-corrected chi connectivity index (χ4v) is 3.23. The molecule has 0 saturated heterocycles. The number of thiophene rings is 1. The van der Waals surface area contributed by atoms with Crippen LogP contribution in [0.5, 0.6) is 0 Å². The molecule has 0 aliphatic heterocycles. The fraction of sp³-hybridized carbons (Fsp3) is 0.250. The molecule has 8 heteroatoms. The standard InChI is InChI=1S/C16H17N5O2S/c1-10-7-13(23-19-10)21(4)9-18-15-12(8-22)24-16-14(15)11(20(2)3)5-6-17-16/h5-9H,1-4H3. The molecule has 0 N–H and O–H groups in total. The number of carbonyl (C=O) groups excluding carboxylic acids is 1. The van der Waals surface area contributed by atoms with Gasteiger partial charge in [-0.2, -0.15) is 0 Å². The van der Waals surface area contributed by atoms with Crippen molar-refractivity contribution in [3.05, 3.63) is 28.9 Å². The summed E-state index contributed by atoms with van der Waals surface area (Å²) in [6.45, 7) is 1.85. The van der Waals surface area contributed by atoms with Gasteiger partial charge in [-0.25, -0.2) is 9.98 Å². The largest absolute Gasteiger partial charge is 0.377 e. The molecular formula is C16H17N5O2S. The zero-order valence-electron chi connectivity index (χ0n) is 13.8. The molecule has 124 valence electrons. The average Bonchev–Trinajstić information content (AvgIpc) is 3.15. The molecule has 0 bridgehead atoms. The molecule has 0 unspecified atom stereocenters. The summed E-state index contributed by atoms with van der Waals surface area (Å²) in [6.07, 6.45) is 4.16. The molecule has 0 aromatic carbocycles. The Labute approximate surface area is 143 Å². The predicted octanol–water partition coefficient (Wildman–Crippen LogP) is 3.27. The SMILES string of the molecule is Cc1cc(N(C)C=Nc2c(C=O)sc3nccc(N(C)C)c23)on1. The van der Waals surface area contributed by atoms with E-state index in [1.165, 1.54) is 11.3 Å². The van der Waals surface area contributed by atoms with E-state index in [1.807, 2.05) is 45.1 Å². The van der Waals surface area contributed by atoms with E-state index < -0.39 is 0 Å². The molecule has 0 fully saturated rings. The highest BCUT2D eigenvalue weighted by Crippen LogP contribution is 2.40. The number of carbonyl (C=O) groups is 1. The maximum absolute atomic E-state index is 11.4. The van der Waals surface area contributed by atoms with Gasteiger partial charge in [0, 0.05) is 33.4 Å². The van der Waals surface area contributed by atoms with Gasteiger partial charge in [0.25, 0.3) is 0 Å². The Kier molecular flexibility index (Phi) is 4.30. The number of pyridine rings is 1. The van der Waals surface area contributed by atoms with E-state index in [4.69, 9.17) is 4.52 Å². The maximum atomic E-state index is 11.4. The van der Waals surface area contributed by atoms with Gasteiger partial charge in [0.05, 0.1) is 33.7 Å². The minimum atomic E-state index is 0.546. The lowest BCUT2D eigenvalue weighted by Gasteiger charge is -2.14. The molecule has 3 heterocycles. The summed E-state index contributed by atoms with van der Waals surface area (Å²) in [5.74, 6) is 0.578. The Balaban J connectivity index is 2.07. The fourth-order valence-electron chi connectivity index (χ4n) is 2.31. The van der Waals surface area contributed by atoms with Gasteiger partial charge in [-0.15, -0.1) is 11.3 Å². The van der Waals surface area contributed by atoms with Gasteiger partial charge < -0.3 is 14.3 Å². The van der Waals surface area contributed by atoms with Crippen LogP contribution in [0.1, 0.15) is 15.4 Å². The Hall–Kier alpha value is -2.74. The van der Waals surface area contributed by atoms with E-state index in [2.05, 4.69) is 15.1 Å². The molecule has 0 aliphatic carbocycles. The molecule has 0 aliphatic rings. The lowest BCUT2D eigenvalue weighted by molar-refractivity contribution is 0.112. The molecule has 0 amide bonds. The van der Waals surface area contributed by atoms with Crippen molar-refractivity contribution in [3.63, 3.8) is 0 Å². The van der Waals surface area contributed by atoms with Crippen LogP contribution < -0.4 is 9.80 Å². The summed E-state index contributed by atoms with van der Waals surface area (Å²) in [4.78, 5) is 25.4. The van der Waals surface area contributed by atoms with E-state index in [1.54, 1.807) is 17.4 Å². The molecule has 3 rings (SSSR count). The third-order valence-corrected chi connectivity index (χ3v) is 4.50. The Morgan fingerprint density at radius 1 is 1.33 bits per heavy atom. The van der Waals surface area contributed by atoms with E-state index in [9.17, 15) is 4.79 Å². The molecule has 3 aromatic rings. The molecule has 0 saturated carbocycles. The number of anilines is 2. The molecular weight excluding hydrogens is 326 g/mol. The molecule has 0 atom stereocenters. The highest BCUT2D eigenvalue weighted by Gasteiger charge is 2.17. The highest BCUT2D eigenvalue weighted by molar-refractivity contribution is 7.21. The number of nitrogens with zero attached hydrogens (tertiary/aromatic N) is 5. The number of aliphatic imine (C=N–C) groups is 1. The van der Waals surface area contributed by atoms with Crippen LogP contribution in [0.2, 0.25) is 0 Å². The van der Waals surface area contributed by atoms with Crippen LogP contribution in [0.15, 0.2) is 27.8 Å². The second-order valence-corrected chi connectivity index (χ2v) is 6.53. The number of aryl methyl sites for hydroxylation is 1. The van der Waals surface area contributed by atoms with Crippen molar-refractivity contribution in [2.75, 3.05) is 30.9 Å². The summed E-state index contributed by atoms with van der Waals surface area (Å²) in [6, 6.07) is 3.72. The van der Waals surface area contributed by atoms with Gasteiger partial charge in [0.2, 0.25) is 5.88 Å². The van der Waals surface area contributed by atoms with E-state index in [-0.39, 0.29) is 0 Å². The number of rotatable bonds is 5. The number of fused-ring (bicyclic) bond motifs is 1. The van der Waals surface area contributed by atoms with Crippen molar-refractivity contribution >= 4 is 51.4 Å². The van der Waals surface area contributed by atoms with Crippen molar-refractivity contribution in [2.45, 2.75) is 6.92 Å². The predicted molar refractivity (Wildman–Crippen MR) is 97.1 cm³/mol. The number of hydrogen-bond acceptors (Lipinski definition) is 7.